The van der Waals surface area contributed by atoms with Gasteiger partial charge in [-0.05, 0) is 192 Å². The molecule has 82 heavy (non-hydrogen) atoms. The zero-order valence-electron chi connectivity index (χ0n) is 58.5. The predicted octanol–water partition coefficient (Wildman–Crippen LogP) is 13.2. The van der Waals surface area contributed by atoms with Gasteiger partial charge in [0.1, 0.15) is 20.1 Å². The number of ether oxygens (including phenoxy) is 13. The normalized spacial score (nSPS) is 17.2. The van der Waals surface area contributed by atoms with Crippen molar-refractivity contribution in [3.63, 3.8) is 0 Å². The number of hydrogen-bond donors (Lipinski definition) is 1. The number of carbonyl (C=O) groups is 1. The second kappa shape index (κ2) is 56.6. The molecule has 1 heterocycles. The van der Waals surface area contributed by atoms with Crippen LogP contribution in [-0.2, 0) is 66.4 Å². The molecule has 18 heteroatoms. The molecule has 15 nitrogen and oxygen atoms in total. The summed E-state index contributed by atoms with van der Waals surface area (Å²) in [5, 5.41) is 2.89. The summed E-state index contributed by atoms with van der Waals surface area (Å²) < 4.78 is 72.2. The van der Waals surface area contributed by atoms with Crippen molar-refractivity contribution in [2.75, 3.05) is 46.2 Å². The third-order valence-electron chi connectivity index (χ3n) is 10.6. The number of rotatable bonds is 39. The van der Waals surface area contributed by atoms with Crippen molar-refractivity contribution in [1.82, 2.24) is 5.32 Å². The lowest BCUT2D eigenvalue weighted by atomic mass is 9.88. The fraction of sp³-hybridized carbons (Fsp3) is 0.984. The molecule has 488 valence electrons. The molecule has 1 N–H and O–H groups in total. The minimum Gasteiger partial charge on any atom is -0.382 e. The highest BCUT2D eigenvalue weighted by Gasteiger charge is 2.37. The number of nitrogens with one attached hydrogen (secondary N) is 1. The van der Waals surface area contributed by atoms with E-state index in [0.29, 0.717) is 82.6 Å². The third kappa shape index (κ3) is 65.1. The minimum absolute atomic E-state index is 0.0321. The zero-order chi connectivity index (χ0) is 64.6. The van der Waals surface area contributed by atoms with Crippen molar-refractivity contribution in [2.24, 2.45) is 0 Å². The Hall–Kier alpha value is -0.855. The Morgan fingerprint density at radius 1 is 0.500 bits per heavy atom. The first-order valence-corrected chi connectivity index (χ1v) is 31.7. The second-order valence-electron chi connectivity index (χ2n) is 24.4. The minimum atomic E-state index is -0.360. The molecule has 0 aromatic carbocycles. The van der Waals surface area contributed by atoms with Gasteiger partial charge in [0.05, 0.1) is 159 Å². The molecule has 6 radical (unpaired) electrons. The highest BCUT2D eigenvalue weighted by molar-refractivity contribution is 6.11. The molecular weight excluding hydrogens is 1040 g/mol. The van der Waals surface area contributed by atoms with Crippen molar-refractivity contribution >= 4 is 29.4 Å². The summed E-state index contributed by atoms with van der Waals surface area (Å²) >= 11 is 0. The summed E-state index contributed by atoms with van der Waals surface area (Å²) in [6.07, 6.45) is 10.3. The van der Waals surface area contributed by atoms with Crippen LogP contribution in [-0.4, -0.2) is 197 Å². The average Bonchev–Trinajstić information content (AvgIpc) is 3.69. The van der Waals surface area contributed by atoms with E-state index in [1.54, 1.807) is 0 Å². The highest BCUT2D eigenvalue weighted by atomic mass is 16.6. The van der Waals surface area contributed by atoms with E-state index in [0.717, 1.165) is 38.9 Å². The smallest absolute Gasteiger partial charge is 0.220 e. The monoisotopic (exact) mass is 1170 g/mol. The Morgan fingerprint density at radius 2 is 0.902 bits per heavy atom. The average molecular weight is 1170 g/mol. The molecule has 0 spiro atoms. The quantitative estimate of drug-likeness (QED) is 0.0582. The van der Waals surface area contributed by atoms with Gasteiger partial charge in [-0.2, -0.15) is 0 Å². The van der Waals surface area contributed by atoms with Crippen LogP contribution in [0.25, 0.3) is 0 Å². The van der Waals surface area contributed by atoms with E-state index >= 15 is 0 Å². The standard InChI is InChI=1S/C12H25NO3.C12H26O2.C11H24O2.C10H19BO3.C10H21BO2.C9H19BO2/c1-6-12(14)13-11(7-15-9(2)3)8-16-10(4)5;1-6-7-12(14-11(4)5)8-9-13-10(2)3;1-6-7-11(13-10(4)5)8-12-9(2)3;1-6(2)13-8-5-12-10(11)9(8)14-7(3)4;1-8(2)12-7-10(5,6-11)13-9(3)4;1-7(2)11-6-9(5-10)12-8(3)4/h9-11H,6-8H2,1-5H3,(H,13,14);10-12H,6-9H2,1-5H3;9-11H,6-8H2,1-5H3;6-10H,5H2,1-4H3;8-9H,6-7H2,1-5H3;7-9H,5-6H2,1-4H3/t;;;8?,9-,10+;;/m...0../s1. The van der Waals surface area contributed by atoms with Gasteiger partial charge in [0.25, 0.3) is 0 Å². The summed E-state index contributed by atoms with van der Waals surface area (Å²) in [5.74, 6) is 0.0321. The van der Waals surface area contributed by atoms with Gasteiger partial charge in [0.2, 0.25) is 5.91 Å². The molecule has 1 aliphatic heterocycles. The van der Waals surface area contributed by atoms with Crippen LogP contribution in [0.1, 0.15) is 232 Å². The fourth-order valence-electron chi connectivity index (χ4n) is 7.15. The molecule has 0 aliphatic carbocycles. The maximum Gasteiger partial charge on any atom is 0.220 e. The molecule has 1 amide bonds. The van der Waals surface area contributed by atoms with E-state index in [2.05, 4.69) is 74.6 Å². The van der Waals surface area contributed by atoms with Crippen LogP contribution in [0.15, 0.2) is 0 Å². The van der Waals surface area contributed by atoms with Crippen LogP contribution < -0.4 is 5.32 Å². The highest BCUT2D eigenvalue weighted by Crippen LogP contribution is 2.22. The largest absolute Gasteiger partial charge is 0.382 e. The Balaban J connectivity index is -0.000000290. The van der Waals surface area contributed by atoms with Crippen LogP contribution >= 0.6 is 0 Å². The molecule has 1 aliphatic rings. The molecule has 5 unspecified atom stereocenters. The van der Waals surface area contributed by atoms with Gasteiger partial charge in [0, 0.05) is 19.0 Å². The topological polar surface area (TPSA) is 149 Å². The lowest BCUT2D eigenvalue weighted by Crippen LogP contribution is -2.42. The zero-order valence-corrected chi connectivity index (χ0v) is 58.5. The molecule has 7 atom stereocenters. The number of hydrogen-bond acceptors (Lipinski definition) is 14. The Bertz CT molecular complexity index is 1340. The van der Waals surface area contributed by atoms with Crippen molar-refractivity contribution < 1.29 is 66.4 Å². The van der Waals surface area contributed by atoms with Crippen molar-refractivity contribution in [3.8, 4) is 0 Å². The number of carbonyl (C=O) groups excluding carboxylic acids is 1. The molecule has 0 aromatic heterocycles. The summed E-state index contributed by atoms with van der Waals surface area (Å²) in [6.45, 7) is 60.8. The molecule has 1 rings (SSSR count). The summed E-state index contributed by atoms with van der Waals surface area (Å²) in [7, 11) is 16.9. The van der Waals surface area contributed by atoms with Crippen LogP contribution in [0.4, 0.5) is 0 Å². The van der Waals surface area contributed by atoms with Crippen molar-refractivity contribution in [1.29, 1.82) is 0 Å². The van der Waals surface area contributed by atoms with Gasteiger partial charge in [-0.15, -0.1) is 0 Å². The Kier molecular flexibility index (Phi) is 62.1. The van der Waals surface area contributed by atoms with E-state index in [1.807, 2.05) is 125 Å². The number of amides is 1. The maximum absolute atomic E-state index is 11.3. The van der Waals surface area contributed by atoms with E-state index in [4.69, 9.17) is 85.1 Å². The molecule has 0 bridgehead atoms. The Labute approximate surface area is 511 Å². The van der Waals surface area contributed by atoms with Gasteiger partial charge in [-0.3, -0.25) is 4.79 Å². The van der Waals surface area contributed by atoms with Gasteiger partial charge < -0.3 is 66.9 Å². The second-order valence-corrected chi connectivity index (χ2v) is 24.4. The SMILES string of the molecule is CCC(=O)NC(COC(C)C)COC(C)C.CCCC(CCOC(C)C)OC(C)C.CCCC(COC(C)C)OC(C)C.[B]CC(C)(COC(C)C)OC(C)C.[B]CC(COC(C)C)OC(C)C.[B][C@@H]1OCC(OC(C)C)[C@@H]1OC(C)C. The summed E-state index contributed by atoms with van der Waals surface area (Å²) in [6, 6.07) is -0.418. The summed E-state index contributed by atoms with van der Waals surface area (Å²) in [4.78, 5) is 11.3. The first kappa shape index (κ1) is 89.9. The van der Waals surface area contributed by atoms with Crippen molar-refractivity contribution in [2.45, 2.75) is 366 Å². The van der Waals surface area contributed by atoms with Gasteiger partial charge in [-0.1, -0.05) is 46.3 Å². The molecular formula is C64H134B3NO14. The molecule has 0 aromatic rings. The van der Waals surface area contributed by atoms with Gasteiger partial charge >= 0.3 is 0 Å². The first-order chi connectivity index (χ1) is 38.0. The molecule has 1 saturated heterocycles. The lowest BCUT2D eigenvalue weighted by Gasteiger charge is -2.31. The van der Waals surface area contributed by atoms with Gasteiger partial charge in [-0.25, -0.2) is 0 Å². The lowest BCUT2D eigenvalue weighted by molar-refractivity contribution is -0.123. The predicted molar refractivity (Wildman–Crippen MR) is 344 cm³/mol. The van der Waals surface area contributed by atoms with E-state index in [9.17, 15) is 4.79 Å². The van der Waals surface area contributed by atoms with Crippen LogP contribution in [0.3, 0.4) is 0 Å². The first-order valence-electron chi connectivity index (χ1n) is 31.7. The van der Waals surface area contributed by atoms with Gasteiger partial charge in [0.15, 0.2) is 0 Å². The fourth-order valence-corrected chi connectivity index (χ4v) is 7.15. The van der Waals surface area contributed by atoms with Crippen LogP contribution in [0.5, 0.6) is 0 Å². The van der Waals surface area contributed by atoms with E-state index in [1.165, 1.54) is 6.42 Å². The van der Waals surface area contributed by atoms with E-state index < -0.39 is 0 Å². The third-order valence-corrected chi connectivity index (χ3v) is 10.6. The molecule has 1 fully saturated rings. The Morgan fingerprint density at radius 3 is 1.27 bits per heavy atom. The maximum atomic E-state index is 11.3. The van der Waals surface area contributed by atoms with Crippen LogP contribution in [0.2, 0.25) is 12.6 Å². The summed E-state index contributed by atoms with van der Waals surface area (Å²) in [5.41, 5.74) is -0.349. The molecule has 0 saturated carbocycles. The van der Waals surface area contributed by atoms with Crippen LogP contribution in [0, 0.1) is 0 Å². The van der Waals surface area contributed by atoms with E-state index in [-0.39, 0.29) is 96.8 Å². The van der Waals surface area contributed by atoms with Crippen molar-refractivity contribution in [3.05, 3.63) is 0 Å².